The molecule has 1 heterocycles. The molecule has 1 aromatic rings. The van der Waals surface area contributed by atoms with Crippen LogP contribution in [0.15, 0.2) is 24.3 Å². The number of carbonyl (C=O) groups is 2. The highest BCUT2D eigenvalue weighted by molar-refractivity contribution is 5.92. The Hall–Kier alpha value is -2.08. The molecule has 1 amide bonds. The second-order valence-electron chi connectivity index (χ2n) is 5.38. The van der Waals surface area contributed by atoms with E-state index in [1.807, 2.05) is 23.1 Å². The molecule has 0 bridgehead atoms. The van der Waals surface area contributed by atoms with Crippen molar-refractivity contribution < 1.29 is 19.1 Å². The van der Waals surface area contributed by atoms with Gasteiger partial charge in [0.2, 0.25) is 5.91 Å². The molecule has 1 saturated heterocycles. The third-order valence-corrected chi connectivity index (χ3v) is 3.76. The molecule has 1 aliphatic rings. The standard InChI is InChI=1S/C16H22N2O4/c1-21-14-7-3-6-13(9-14)17-15(19)11-18-8-4-5-12(10-18)16(20)22-2/h3,6-7,9,12H,4-5,8,10-11H2,1-2H3,(H,17,19)/t12-/m1/s1. The summed E-state index contributed by atoms with van der Waals surface area (Å²) in [6, 6.07) is 7.23. The van der Waals surface area contributed by atoms with Crippen LogP contribution in [0, 0.1) is 5.92 Å². The van der Waals surface area contributed by atoms with Gasteiger partial charge in [0.25, 0.3) is 0 Å². The van der Waals surface area contributed by atoms with Crippen molar-refractivity contribution in [1.29, 1.82) is 0 Å². The zero-order valence-electron chi connectivity index (χ0n) is 13.0. The summed E-state index contributed by atoms with van der Waals surface area (Å²) in [4.78, 5) is 25.7. The molecule has 0 radical (unpaired) electrons. The number of ether oxygens (including phenoxy) is 2. The van der Waals surface area contributed by atoms with Crippen molar-refractivity contribution >= 4 is 17.6 Å². The number of likely N-dealkylation sites (tertiary alicyclic amines) is 1. The average molecular weight is 306 g/mol. The van der Waals surface area contributed by atoms with Gasteiger partial charge in [0.1, 0.15) is 5.75 Å². The van der Waals surface area contributed by atoms with Crippen molar-refractivity contribution in [3.05, 3.63) is 24.3 Å². The molecule has 1 aromatic carbocycles. The summed E-state index contributed by atoms with van der Waals surface area (Å²) in [6.45, 7) is 1.65. The SMILES string of the molecule is COC(=O)[C@@H]1CCCN(CC(=O)Nc2cccc(OC)c2)C1. The summed E-state index contributed by atoms with van der Waals surface area (Å²) in [5.74, 6) is 0.265. The lowest BCUT2D eigenvalue weighted by Crippen LogP contribution is -2.42. The third-order valence-electron chi connectivity index (χ3n) is 3.76. The van der Waals surface area contributed by atoms with Crippen LogP contribution in [0.1, 0.15) is 12.8 Å². The molecule has 120 valence electrons. The van der Waals surface area contributed by atoms with Crippen LogP contribution in [0.5, 0.6) is 5.75 Å². The zero-order valence-corrected chi connectivity index (χ0v) is 13.0. The number of anilines is 1. The highest BCUT2D eigenvalue weighted by Gasteiger charge is 2.27. The fourth-order valence-electron chi connectivity index (χ4n) is 2.66. The Morgan fingerprint density at radius 3 is 2.91 bits per heavy atom. The molecule has 0 aliphatic carbocycles. The molecule has 1 aliphatic heterocycles. The molecule has 0 unspecified atom stereocenters. The van der Waals surface area contributed by atoms with Crippen LogP contribution >= 0.6 is 0 Å². The summed E-state index contributed by atoms with van der Waals surface area (Å²) >= 11 is 0. The van der Waals surface area contributed by atoms with Gasteiger partial charge in [0, 0.05) is 18.3 Å². The molecule has 6 nitrogen and oxygen atoms in total. The number of hydrogen-bond donors (Lipinski definition) is 1. The maximum absolute atomic E-state index is 12.1. The van der Waals surface area contributed by atoms with Gasteiger partial charge in [0.05, 0.1) is 26.7 Å². The van der Waals surface area contributed by atoms with Crippen molar-refractivity contribution in [2.75, 3.05) is 39.2 Å². The fraction of sp³-hybridized carbons (Fsp3) is 0.500. The summed E-state index contributed by atoms with van der Waals surface area (Å²) in [5.41, 5.74) is 0.700. The topological polar surface area (TPSA) is 67.9 Å². The maximum Gasteiger partial charge on any atom is 0.309 e. The van der Waals surface area contributed by atoms with Gasteiger partial charge in [-0.3, -0.25) is 14.5 Å². The molecule has 0 aromatic heterocycles. The van der Waals surface area contributed by atoms with Gasteiger partial charge in [-0.05, 0) is 31.5 Å². The molecule has 1 atom stereocenters. The first-order valence-corrected chi connectivity index (χ1v) is 7.36. The smallest absolute Gasteiger partial charge is 0.309 e. The second-order valence-corrected chi connectivity index (χ2v) is 5.38. The highest BCUT2D eigenvalue weighted by Crippen LogP contribution is 2.19. The summed E-state index contributed by atoms with van der Waals surface area (Å²) in [5, 5.41) is 2.85. The van der Waals surface area contributed by atoms with E-state index in [1.165, 1.54) is 7.11 Å². The Kier molecular flexibility index (Phi) is 5.77. The van der Waals surface area contributed by atoms with Crippen LogP contribution in [0.2, 0.25) is 0 Å². The lowest BCUT2D eigenvalue weighted by molar-refractivity contribution is -0.147. The molecule has 0 saturated carbocycles. The first kappa shape index (κ1) is 16.3. The van der Waals surface area contributed by atoms with Crippen molar-refractivity contribution in [3.63, 3.8) is 0 Å². The van der Waals surface area contributed by atoms with Crippen LogP contribution in [-0.2, 0) is 14.3 Å². The van der Waals surface area contributed by atoms with E-state index in [0.29, 0.717) is 18.0 Å². The predicted octanol–water partition coefficient (Wildman–Crippen LogP) is 1.52. The molecule has 6 heteroatoms. The number of methoxy groups -OCH3 is 2. The van der Waals surface area contributed by atoms with E-state index in [1.54, 1.807) is 13.2 Å². The second kappa shape index (κ2) is 7.79. The van der Waals surface area contributed by atoms with Gasteiger partial charge in [-0.25, -0.2) is 0 Å². The van der Waals surface area contributed by atoms with E-state index in [-0.39, 0.29) is 24.3 Å². The minimum Gasteiger partial charge on any atom is -0.497 e. The third kappa shape index (κ3) is 4.46. The van der Waals surface area contributed by atoms with Gasteiger partial charge in [-0.15, -0.1) is 0 Å². The van der Waals surface area contributed by atoms with Gasteiger partial charge in [-0.2, -0.15) is 0 Å². The Labute approximate surface area is 130 Å². The van der Waals surface area contributed by atoms with E-state index < -0.39 is 0 Å². The summed E-state index contributed by atoms with van der Waals surface area (Å²) in [7, 11) is 2.98. The molecule has 22 heavy (non-hydrogen) atoms. The number of carbonyl (C=O) groups excluding carboxylic acids is 2. The Morgan fingerprint density at radius 2 is 2.18 bits per heavy atom. The fourth-order valence-corrected chi connectivity index (χ4v) is 2.66. The number of rotatable bonds is 5. The number of nitrogens with zero attached hydrogens (tertiary/aromatic N) is 1. The number of amides is 1. The van der Waals surface area contributed by atoms with Crippen LogP contribution in [0.25, 0.3) is 0 Å². The Bertz CT molecular complexity index is 533. The Morgan fingerprint density at radius 1 is 1.36 bits per heavy atom. The molecule has 0 spiro atoms. The highest BCUT2D eigenvalue weighted by atomic mass is 16.5. The molecular weight excluding hydrogens is 284 g/mol. The van der Waals surface area contributed by atoms with Gasteiger partial charge in [-0.1, -0.05) is 6.07 Å². The first-order chi connectivity index (χ1) is 10.6. The quantitative estimate of drug-likeness (QED) is 0.835. The minimum atomic E-state index is -0.196. The van der Waals surface area contributed by atoms with Crippen LogP contribution < -0.4 is 10.1 Å². The normalized spacial score (nSPS) is 18.5. The van der Waals surface area contributed by atoms with Crippen molar-refractivity contribution in [2.24, 2.45) is 5.92 Å². The largest absolute Gasteiger partial charge is 0.497 e. The number of benzene rings is 1. The number of piperidine rings is 1. The summed E-state index contributed by atoms with van der Waals surface area (Å²) in [6.07, 6.45) is 1.72. The zero-order chi connectivity index (χ0) is 15.9. The average Bonchev–Trinajstić information content (AvgIpc) is 2.54. The van der Waals surface area contributed by atoms with Crippen LogP contribution in [0.4, 0.5) is 5.69 Å². The van der Waals surface area contributed by atoms with E-state index >= 15 is 0 Å². The molecule has 1 N–H and O–H groups in total. The van der Waals surface area contributed by atoms with Gasteiger partial charge in [0.15, 0.2) is 0 Å². The number of hydrogen-bond acceptors (Lipinski definition) is 5. The number of esters is 1. The lowest BCUT2D eigenvalue weighted by Gasteiger charge is -2.30. The molecular formula is C16H22N2O4. The number of nitrogens with one attached hydrogen (secondary N) is 1. The maximum atomic E-state index is 12.1. The summed E-state index contributed by atoms with van der Waals surface area (Å²) < 4.78 is 9.91. The van der Waals surface area contributed by atoms with Crippen molar-refractivity contribution in [3.8, 4) is 5.75 Å². The monoisotopic (exact) mass is 306 g/mol. The predicted molar refractivity (Wildman–Crippen MR) is 82.8 cm³/mol. The first-order valence-electron chi connectivity index (χ1n) is 7.36. The lowest BCUT2D eigenvalue weighted by atomic mass is 9.98. The van der Waals surface area contributed by atoms with Crippen molar-refractivity contribution in [2.45, 2.75) is 12.8 Å². The molecule has 1 fully saturated rings. The van der Waals surface area contributed by atoms with Crippen molar-refractivity contribution in [1.82, 2.24) is 4.90 Å². The van der Waals surface area contributed by atoms with Gasteiger partial charge >= 0.3 is 5.97 Å². The van der Waals surface area contributed by atoms with E-state index in [4.69, 9.17) is 9.47 Å². The van der Waals surface area contributed by atoms with E-state index in [0.717, 1.165) is 19.4 Å². The van der Waals surface area contributed by atoms with E-state index in [2.05, 4.69) is 5.32 Å². The Balaban J connectivity index is 1.87. The van der Waals surface area contributed by atoms with Gasteiger partial charge < -0.3 is 14.8 Å². The van der Waals surface area contributed by atoms with Crippen LogP contribution in [0.3, 0.4) is 0 Å². The minimum absolute atomic E-state index is 0.0984. The van der Waals surface area contributed by atoms with E-state index in [9.17, 15) is 9.59 Å². The molecule has 2 rings (SSSR count). The van der Waals surface area contributed by atoms with Crippen LogP contribution in [-0.4, -0.2) is 50.6 Å².